The smallest absolute Gasteiger partial charge is 0.397 e. The third kappa shape index (κ3) is 29.7. The van der Waals surface area contributed by atoms with Crippen LogP contribution in [0, 0.1) is 0 Å². The molecule has 1 fully saturated rings. The van der Waals surface area contributed by atoms with E-state index in [0.29, 0.717) is 13.0 Å². The molecule has 58 heavy (non-hydrogen) atoms. The van der Waals surface area contributed by atoms with Gasteiger partial charge in [-0.1, -0.05) is 132 Å². The monoisotopic (exact) mass is 841 g/mol. The van der Waals surface area contributed by atoms with Crippen LogP contribution in [-0.2, 0) is 38.3 Å². The van der Waals surface area contributed by atoms with Crippen molar-refractivity contribution >= 4 is 16.4 Å². The van der Waals surface area contributed by atoms with Gasteiger partial charge in [0.2, 0.25) is 0 Å². The number of ether oxygens (including phenoxy) is 4. The molecule has 0 amide bonds. The zero-order valence-electron chi connectivity index (χ0n) is 35.3. The Hall–Kier alpha value is -2.46. The van der Waals surface area contributed by atoms with Crippen molar-refractivity contribution < 1.29 is 56.2 Å². The predicted octanol–water partition coefficient (Wildman–Crippen LogP) is 8.74. The highest BCUT2D eigenvalue weighted by Crippen LogP contribution is 2.26. The van der Waals surface area contributed by atoms with Crippen LogP contribution in [0.5, 0.6) is 0 Å². The minimum atomic E-state index is -5.07. The van der Waals surface area contributed by atoms with Crippen molar-refractivity contribution in [2.24, 2.45) is 0 Å². The Balaban J connectivity index is 2.48. The van der Waals surface area contributed by atoms with E-state index in [4.69, 9.17) is 23.5 Å². The first kappa shape index (κ1) is 53.6. The van der Waals surface area contributed by atoms with Crippen molar-refractivity contribution in [1.29, 1.82) is 0 Å². The highest BCUT2D eigenvalue weighted by Gasteiger charge is 2.48. The van der Waals surface area contributed by atoms with Gasteiger partial charge >= 0.3 is 16.4 Å². The van der Waals surface area contributed by atoms with Gasteiger partial charge < -0.3 is 34.3 Å². The van der Waals surface area contributed by atoms with Gasteiger partial charge in [-0.3, -0.25) is 9.35 Å². The summed E-state index contributed by atoms with van der Waals surface area (Å²) in [5, 5.41) is 30.6. The third-order valence-electron chi connectivity index (χ3n) is 9.31. The summed E-state index contributed by atoms with van der Waals surface area (Å²) >= 11 is 0. The molecule has 334 valence electrons. The standard InChI is InChI=1S/C45H76O12S/c1-3-5-7-9-11-13-15-17-18-19-20-21-22-23-24-26-28-30-32-34-41(47)55-39(37-53-35-33-31-29-27-25-16-14-12-10-8-6-4-2)38-54-45-43(49)44(57-58(50,51)52)42(48)40(36-46)56-45/h5,7,10-13,17-18,20-21,23-24,39-40,42-46,48-49H,3-4,6,8-9,14-16,19,22,25-38H2,1-2H3,(H,50,51,52)/b7-5-,12-10-,13-11-,18-17-,21-20-,24-23-. The molecule has 0 spiro atoms. The van der Waals surface area contributed by atoms with E-state index in [2.05, 4.69) is 90.9 Å². The minimum absolute atomic E-state index is 0.0139. The fraction of sp³-hybridized carbons (Fsp3) is 0.711. The number of hydrogen-bond acceptors (Lipinski definition) is 11. The number of carbonyl (C=O) groups excluding carboxylic acids is 1. The lowest BCUT2D eigenvalue weighted by Gasteiger charge is -2.41. The third-order valence-corrected chi connectivity index (χ3v) is 9.78. The summed E-state index contributed by atoms with van der Waals surface area (Å²) in [4.78, 5) is 12.8. The summed E-state index contributed by atoms with van der Waals surface area (Å²) in [6.45, 7) is 3.76. The highest BCUT2D eigenvalue weighted by molar-refractivity contribution is 7.80. The van der Waals surface area contributed by atoms with Crippen LogP contribution in [0.15, 0.2) is 72.9 Å². The summed E-state index contributed by atoms with van der Waals surface area (Å²) < 4.78 is 58.9. The van der Waals surface area contributed by atoms with E-state index in [0.717, 1.165) is 89.9 Å². The van der Waals surface area contributed by atoms with E-state index in [1.165, 1.54) is 25.7 Å². The van der Waals surface area contributed by atoms with Crippen molar-refractivity contribution in [3.63, 3.8) is 0 Å². The number of aliphatic hydroxyl groups is 3. The van der Waals surface area contributed by atoms with Crippen molar-refractivity contribution in [3.8, 4) is 0 Å². The number of allylic oxidation sites excluding steroid dienone is 12. The molecule has 1 aliphatic heterocycles. The van der Waals surface area contributed by atoms with Gasteiger partial charge in [0.25, 0.3) is 0 Å². The largest absolute Gasteiger partial charge is 0.457 e. The maximum Gasteiger partial charge on any atom is 0.397 e. The van der Waals surface area contributed by atoms with Crippen molar-refractivity contribution in [2.45, 2.75) is 179 Å². The summed E-state index contributed by atoms with van der Waals surface area (Å²) in [5.74, 6) is -0.436. The highest BCUT2D eigenvalue weighted by atomic mass is 32.3. The molecule has 1 heterocycles. The molecule has 4 N–H and O–H groups in total. The van der Waals surface area contributed by atoms with Crippen LogP contribution in [-0.4, -0.2) is 97.5 Å². The van der Waals surface area contributed by atoms with E-state index in [9.17, 15) is 28.5 Å². The SMILES string of the molecule is CC/C=C\C/C=C\C/C=C\C/C=C\C/C=C\CCCCCC(=O)OC(COCCCCCCCC/C=C\CCCC)COC1OC(CO)C(O)C(OS(=O)(=O)O)C1O. The summed E-state index contributed by atoms with van der Waals surface area (Å²) in [7, 11) is -5.07. The van der Waals surface area contributed by atoms with E-state index >= 15 is 0 Å². The van der Waals surface area contributed by atoms with Gasteiger partial charge in [0.05, 0.1) is 19.8 Å². The Morgan fingerprint density at radius 2 is 1.19 bits per heavy atom. The molecule has 0 radical (unpaired) electrons. The number of hydrogen-bond donors (Lipinski definition) is 4. The van der Waals surface area contributed by atoms with Crippen LogP contribution < -0.4 is 0 Å². The average Bonchev–Trinajstić information content (AvgIpc) is 3.19. The molecule has 0 aromatic carbocycles. The summed E-state index contributed by atoms with van der Waals surface area (Å²) in [5.41, 5.74) is 0. The quantitative estimate of drug-likeness (QED) is 0.0204. The van der Waals surface area contributed by atoms with Crippen LogP contribution in [0.2, 0.25) is 0 Å². The Bertz CT molecular complexity index is 1290. The molecule has 0 aliphatic carbocycles. The molecule has 0 saturated carbocycles. The van der Waals surface area contributed by atoms with Gasteiger partial charge in [-0.25, -0.2) is 4.18 Å². The first-order valence-corrected chi connectivity index (χ1v) is 23.1. The van der Waals surface area contributed by atoms with Crippen LogP contribution in [0.4, 0.5) is 0 Å². The zero-order valence-corrected chi connectivity index (χ0v) is 36.1. The molecule has 0 bridgehead atoms. The molecule has 0 aromatic heterocycles. The van der Waals surface area contributed by atoms with Gasteiger partial charge in [-0.05, 0) is 77.0 Å². The fourth-order valence-electron chi connectivity index (χ4n) is 6.03. The molecule has 13 heteroatoms. The fourth-order valence-corrected chi connectivity index (χ4v) is 6.54. The maximum absolute atomic E-state index is 12.8. The molecule has 6 atom stereocenters. The molecule has 1 aliphatic rings. The Morgan fingerprint density at radius 1 is 0.672 bits per heavy atom. The second-order valence-corrected chi connectivity index (χ2v) is 15.6. The number of unbranched alkanes of at least 4 members (excludes halogenated alkanes) is 11. The second-order valence-electron chi connectivity index (χ2n) is 14.5. The molecular weight excluding hydrogens is 765 g/mol. The molecule has 1 rings (SSSR count). The van der Waals surface area contributed by atoms with Gasteiger partial charge in [-0.15, -0.1) is 0 Å². The van der Waals surface area contributed by atoms with Gasteiger partial charge in [0.15, 0.2) is 6.29 Å². The van der Waals surface area contributed by atoms with Gasteiger partial charge in [0, 0.05) is 13.0 Å². The lowest BCUT2D eigenvalue weighted by molar-refractivity contribution is -0.301. The topological polar surface area (TPSA) is 178 Å². The molecule has 6 unspecified atom stereocenters. The molecule has 0 aromatic rings. The zero-order chi connectivity index (χ0) is 42.5. The lowest BCUT2D eigenvalue weighted by atomic mass is 9.99. The first-order valence-electron chi connectivity index (χ1n) is 21.7. The van der Waals surface area contributed by atoms with Gasteiger partial charge in [0.1, 0.15) is 30.5 Å². The Morgan fingerprint density at radius 3 is 1.76 bits per heavy atom. The summed E-state index contributed by atoms with van der Waals surface area (Å²) in [6, 6.07) is 0. The minimum Gasteiger partial charge on any atom is -0.457 e. The van der Waals surface area contributed by atoms with E-state index in [-0.39, 0.29) is 19.6 Å². The predicted molar refractivity (Wildman–Crippen MR) is 229 cm³/mol. The Labute approximate surface area is 350 Å². The van der Waals surface area contributed by atoms with Crippen LogP contribution in [0.3, 0.4) is 0 Å². The van der Waals surface area contributed by atoms with E-state index < -0.39 is 59.8 Å². The molecule has 1 saturated heterocycles. The number of carbonyl (C=O) groups is 1. The van der Waals surface area contributed by atoms with Crippen molar-refractivity contribution in [1.82, 2.24) is 0 Å². The molecular formula is C45H76O12S. The number of esters is 1. The average molecular weight is 841 g/mol. The summed E-state index contributed by atoms with van der Waals surface area (Å²) in [6.07, 6.45) is 36.5. The van der Waals surface area contributed by atoms with E-state index in [1.807, 2.05) is 0 Å². The number of aliphatic hydroxyl groups excluding tert-OH is 3. The second kappa shape index (κ2) is 36.4. The van der Waals surface area contributed by atoms with Crippen LogP contribution in [0.1, 0.15) is 142 Å². The van der Waals surface area contributed by atoms with Crippen LogP contribution >= 0.6 is 0 Å². The lowest BCUT2D eigenvalue weighted by Crippen LogP contribution is -2.60. The van der Waals surface area contributed by atoms with Crippen LogP contribution in [0.25, 0.3) is 0 Å². The normalized spacial score (nSPS) is 21.2. The maximum atomic E-state index is 12.8. The van der Waals surface area contributed by atoms with E-state index in [1.54, 1.807) is 0 Å². The molecule has 12 nitrogen and oxygen atoms in total. The van der Waals surface area contributed by atoms with Crippen molar-refractivity contribution in [2.75, 3.05) is 26.4 Å². The van der Waals surface area contributed by atoms with Crippen molar-refractivity contribution in [3.05, 3.63) is 72.9 Å². The first-order chi connectivity index (χ1) is 28.1. The Kier molecular flexibility index (Phi) is 33.6. The van der Waals surface area contributed by atoms with Gasteiger partial charge in [-0.2, -0.15) is 8.42 Å². The number of rotatable bonds is 36.